The van der Waals surface area contributed by atoms with Gasteiger partial charge in [-0.25, -0.2) is 0 Å². The van der Waals surface area contributed by atoms with Crippen LogP contribution in [0.3, 0.4) is 0 Å². The summed E-state index contributed by atoms with van der Waals surface area (Å²) in [6.45, 7) is 5.04. The van der Waals surface area contributed by atoms with Crippen LogP contribution in [0.5, 0.6) is 0 Å². The standard InChI is InChI=1S/C14H20BrNO2/c1-3-13(11-6-5-7-12(15)10-11)16-9-8-14(17)18-4-2/h5-7,10,13,16H,3-4,8-9H2,1-2H3. The van der Waals surface area contributed by atoms with Crippen LogP contribution in [0.4, 0.5) is 0 Å². The number of benzene rings is 1. The molecule has 0 aromatic heterocycles. The number of nitrogens with one attached hydrogen (secondary N) is 1. The summed E-state index contributed by atoms with van der Waals surface area (Å²) in [6.07, 6.45) is 1.40. The molecule has 0 bridgehead atoms. The van der Waals surface area contributed by atoms with E-state index in [-0.39, 0.29) is 12.0 Å². The minimum Gasteiger partial charge on any atom is -0.466 e. The van der Waals surface area contributed by atoms with E-state index in [1.165, 1.54) is 5.56 Å². The molecule has 1 aromatic rings. The van der Waals surface area contributed by atoms with E-state index in [1.807, 2.05) is 19.1 Å². The van der Waals surface area contributed by atoms with E-state index in [0.717, 1.165) is 10.9 Å². The van der Waals surface area contributed by atoms with E-state index in [1.54, 1.807) is 0 Å². The summed E-state index contributed by atoms with van der Waals surface area (Å²) in [6, 6.07) is 8.50. The first-order chi connectivity index (χ1) is 8.67. The molecule has 4 heteroatoms. The molecule has 0 aliphatic carbocycles. The third kappa shape index (κ3) is 5.19. The molecule has 0 spiro atoms. The molecule has 18 heavy (non-hydrogen) atoms. The van der Waals surface area contributed by atoms with Crippen LogP contribution in [0.2, 0.25) is 0 Å². The van der Waals surface area contributed by atoms with Crippen molar-refractivity contribution in [2.24, 2.45) is 0 Å². The first-order valence-corrected chi connectivity index (χ1v) is 7.11. The molecule has 0 fully saturated rings. The summed E-state index contributed by atoms with van der Waals surface area (Å²) < 4.78 is 5.97. The van der Waals surface area contributed by atoms with Gasteiger partial charge in [-0.05, 0) is 31.0 Å². The number of halogens is 1. The van der Waals surface area contributed by atoms with Crippen molar-refractivity contribution in [3.05, 3.63) is 34.3 Å². The van der Waals surface area contributed by atoms with Crippen molar-refractivity contribution >= 4 is 21.9 Å². The normalized spacial score (nSPS) is 12.2. The molecule has 1 aromatic carbocycles. The molecule has 0 aliphatic heterocycles. The molecule has 3 nitrogen and oxygen atoms in total. The highest BCUT2D eigenvalue weighted by molar-refractivity contribution is 9.10. The lowest BCUT2D eigenvalue weighted by Crippen LogP contribution is -2.24. The molecule has 100 valence electrons. The van der Waals surface area contributed by atoms with Crippen molar-refractivity contribution in [3.63, 3.8) is 0 Å². The van der Waals surface area contributed by atoms with Gasteiger partial charge in [-0.15, -0.1) is 0 Å². The van der Waals surface area contributed by atoms with Crippen molar-refractivity contribution in [2.45, 2.75) is 32.7 Å². The van der Waals surface area contributed by atoms with Gasteiger partial charge in [-0.1, -0.05) is 35.0 Å². The van der Waals surface area contributed by atoms with Gasteiger partial charge < -0.3 is 10.1 Å². The summed E-state index contributed by atoms with van der Waals surface area (Å²) in [5, 5.41) is 3.38. The van der Waals surface area contributed by atoms with Crippen LogP contribution in [0.15, 0.2) is 28.7 Å². The number of hydrogen-bond donors (Lipinski definition) is 1. The molecule has 1 rings (SSSR count). The second-order valence-electron chi connectivity index (χ2n) is 4.02. The zero-order valence-electron chi connectivity index (χ0n) is 10.9. The van der Waals surface area contributed by atoms with E-state index in [0.29, 0.717) is 19.6 Å². The fourth-order valence-corrected chi connectivity index (χ4v) is 2.22. The largest absolute Gasteiger partial charge is 0.466 e. The first-order valence-electron chi connectivity index (χ1n) is 6.31. The average molecular weight is 314 g/mol. The Morgan fingerprint density at radius 2 is 2.22 bits per heavy atom. The molecule has 0 aliphatic rings. The Hall–Kier alpha value is -0.870. The SMILES string of the molecule is CCOC(=O)CCNC(CC)c1cccc(Br)c1. The second kappa shape index (κ2) is 8.27. The van der Waals surface area contributed by atoms with Gasteiger partial charge in [0.15, 0.2) is 0 Å². The number of hydrogen-bond acceptors (Lipinski definition) is 3. The maximum Gasteiger partial charge on any atom is 0.307 e. The topological polar surface area (TPSA) is 38.3 Å². The van der Waals surface area contributed by atoms with Gasteiger partial charge in [-0.3, -0.25) is 4.79 Å². The lowest BCUT2D eigenvalue weighted by molar-refractivity contribution is -0.143. The molecule has 0 saturated carbocycles. The van der Waals surface area contributed by atoms with Crippen molar-refractivity contribution in [3.8, 4) is 0 Å². The van der Waals surface area contributed by atoms with E-state index < -0.39 is 0 Å². The van der Waals surface area contributed by atoms with Gasteiger partial charge in [-0.2, -0.15) is 0 Å². The first kappa shape index (κ1) is 15.2. The van der Waals surface area contributed by atoms with Gasteiger partial charge in [0.25, 0.3) is 0 Å². The quantitative estimate of drug-likeness (QED) is 0.784. The smallest absolute Gasteiger partial charge is 0.307 e. The molecule has 1 unspecified atom stereocenters. The summed E-state index contributed by atoms with van der Waals surface area (Å²) in [4.78, 5) is 11.2. The summed E-state index contributed by atoms with van der Waals surface area (Å²) >= 11 is 3.47. The molecule has 0 saturated heterocycles. The van der Waals surface area contributed by atoms with Gasteiger partial charge >= 0.3 is 5.97 Å². The summed E-state index contributed by atoms with van der Waals surface area (Å²) in [5.41, 5.74) is 1.23. The lowest BCUT2D eigenvalue weighted by Gasteiger charge is -2.17. The predicted molar refractivity (Wildman–Crippen MR) is 76.4 cm³/mol. The van der Waals surface area contributed by atoms with Crippen LogP contribution in [-0.4, -0.2) is 19.1 Å². The molecular weight excluding hydrogens is 294 g/mol. The fourth-order valence-electron chi connectivity index (χ4n) is 1.80. The molecule has 0 amide bonds. The van der Waals surface area contributed by atoms with Crippen LogP contribution in [-0.2, 0) is 9.53 Å². The van der Waals surface area contributed by atoms with Gasteiger partial charge in [0.2, 0.25) is 0 Å². The van der Waals surface area contributed by atoms with E-state index in [4.69, 9.17) is 4.74 Å². The number of carbonyl (C=O) groups is 1. The Bertz CT molecular complexity index is 382. The van der Waals surface area contributed by atoms with Gasteiger partial charge in [0.1, 0.15) is 0 Å². The molecule has 1 N–H and O–H groups in total. The molecule has 1 atom stereocenters. The van der Waals surface area contributed by atoms with Crippen LogP contribution >= 0.6 is 15.9 Å². The van der Waals surface area contributed by atoms with Crippen molar-refractivity contribution in [1.82, 2.24) is 5.32 Å². The van der Waals surface area contributed by atoms with Crippen LogP contribution in [0.25, 0.3) is 0 Å². The zero-order chi connectivity index (χ0) is 13.4. The predicted octanol–water partition coefficient (Wildman–Crippen LogP) is 3.44. The van der Waals surface area contributed by atoms with E-state index in [2.05, 4.69) is 40.3 Å². The highest BCUT2D eigenvalue weighted by atomic mass is 79.9. The zero-order valence-corrected chi connectivity index (χ0v) is 12.5. The summed E-state index contributed by atoms with van der Waals surface area (Å²) in [5.74, 6) is -0.144. The third-order valence-electron chi connectivity index (χ3n) is 2.68. The van der Waals surface area contributed by atoms with E-state index >= 15 is 0 Å². The average Bonchev–Trinajstić information content (AvgIpc) is 2.35. The number of ether oxygens (including phenoxy) is 1. The summed E-state index contributed by atoms with van der Waals surface area (Å²) in [7, 11) is 0. The second-order valence-corrected chi connectivity index (χ2v) is 4.94. The minimum atomic E-state index is -0.144. The third-order valence-corrected chi connectivity index (χ3v) is 3.18. The molecule has 0 radical (unpaired) electrons. The monoisotopic (exact) mass is 313 g/mol. The lowest BCUT2D eigenvalue weighted by atomic mass is 10.0. The Morgan fingerprint density at radius 1 is 1.44 bits per heavy atom. The van der Waals surface area contributed by atoms with Crippen LogP contribution in [0, 0.1) is 0 Å². The Kier molecular flexibility index (Phi) is 6.98. The number of carbonyl (C=O) groups excluding carboxylic acids is 1. The Morgan fingerprint density at radius 3 is 2.83 bits per heavy atom. The van der Waals surface area contributed by atoms with Crippen molar-refractivity contribution in [2.75, 3.05) is 13.2 Å². The Balaban J connectivity index is 2.45. The maximum absolute atomic E-state index is 11.2. The van der Waals surface area contributed by atoms with Crippen molar-refractivity contribution in [1.29, 1.82) is 0 Å². The van der Waals surface area contributed by atoms with Crippen LogP contribution < -0.4 is 5.32 Å². The fraction of sp³-hybridized carbons (Fsp3) is 0.500. The van der Waals surface area contributed by atoms with Crippen LogP contribution in [0.1, 0.15) is 38.3 Å². The minimum absolute atomic E-state index is 0.144. The number of esters is 1. The van der Waals surface area contributed by atoms with Gasteiger partial charge in [0.05, 0.1) is 13.0 Å². The maximum atomic E-state index is 11.2. The highest BCUT2D eigenvalue weighted by Gasteiger charge is 2.09. The van der Waals surface area contributed by atoms with Crippen molar-refractivity contribution < 1.29 is 9.53 Å². The highest BCUT2D eigenvalue weighted by Crippen LogP contribution is 2.20. The molecule has 0 heterocycles. The Labute approximate surface area is 117 Å². The molecular formula is C14H20BrNO2. The number of rotatable bonds is 7. The van der Waals surface area contributed by atoms with E-state index in [9.17, 15) is 4.79 Å². The van der Waals surface area contributed by atoms with Gasteiger partial charge in [0, 0.05) is 17.1 Å².